The molecule has 0 saturated carbocycles. The lowest BCUT2D eigenvalue weighted by Gasteiger charge is -2.11. The van der Waals surface area contributed by atoms with Crippen molar-refractivity contribution in [1.82, 2.24) is 0 Å². The molecule has 164 valence electrons. The number of anilines is 1. The van der Waals surface area contributed by atoms with Gasteiger partial charge in [0.1, 0.15) is 17.4 Å². The number of benzene rings is 2. The van der Waals surface area contributed by atoms with E-state index in [9.17, 15) is 23.2 Å². The van der Waals surface area contributed by atoms with E-state index in [0.29, 0.717) is 17.9 Å². The van der Waals surface area contributed by atoms with Crippen LogP contribution in [-0.4, -0.2) is 12.5 Å². The summed E-state index contributed by atoms with van der Waals surface area (Å²) in [6.45, 7) is 2.75. The Kier molecular flexibility index (Phi) is 8.95. The second-order valence-electron chi connectivity index (χ2n) is 6.79. The standard InChI is InChI=1S/C23H22ClF3N2O2/c1-2-3-4-5-12-31-19-9-6-16(7-10-19)13-17(15-28)22(30)29-21-14-18(23(25,26)27)8-11-20(21)24/h6-11,13-14H,2-5,12H2,1H3,(H,29,30)/b17-13-. The second kappa shape index (κ2) is 11.4. The van der Waals surface area contributed by atoms with Crippen molar-refractivity contribution in [3.8, 4) is 11.8 Å². The van der Waals surface area contributed by atoms with Crippen LogP contribution in [0.25, 0.3) is 6.08 Å². The van der Waals surface area contributed by atoms with E-state index in [1.54, 1.807) is 30.3 Å². The van der Waals surface area contributed by atoms with Crippen molar-refractivity contribution in [2.75, 3.05) is 11.9 Å². The maximum atomic E-state index is 12.9. The fraction of sp³-hybridized carbons (Fsp3) is 0.304. The van der Waals surface area contributed by atoms with Gasteiger partial charge in [-0.25, -0.2) is 0 Å². The third kappa shape index (κ3) is 7.65. The van der Waals surface area contributed by atoms with Gasteiger partial charge in [0.05, 0.1) is 22.9 Å². The fourth-order valence-electron chi connectivity index (χ4n) is 2.68. The Morgan fingerprint density at radius 2 is 1.87 bits per heavy atom. The quantitative estimate of drug-likeness (QED) is 0.258. The minimum absolute atomic E-state index is 0.0703. The van der Waals surface area contributed by atoms with E-state index in [-0.39, 0.29) is 16.3 Å². The van der Waals surface area contributed by atoms with E-state index < -0.39 is 17.6 Å². The first-order valence-electron chi connectivity index (χ1n) is 9.77. The molecule has 0 aliphatic rings. The number of hydrogen-bond acceptors (Lipinski definition) is 3. The van der Waals surface area contributed by atoms with Gasteiger partial charge < -0.3 is 10.1 Å². The van der Waals surface area contributed by atoms with Crippen molar-refractivity contribution in [2.24, 2.45) is 0 Å². The van der Waals surface area contributed by atoms with Crippen LogP contribution >= 0.6 is 11.6 Å². The zero-order chi connectivity index (χ0) is 22.9. The topological polar surface area (TPSA) is 62.1 Å². The minimum Gasteiger partial charge on any atom is -0.494 e. The predicted molar refractivity (Wildman–Crippen MR) is 115 cm³/mol. The van der Waals surface area contributed by atoms with Gasteiger partial charge in [0, 0.05) is 0 Å². The summed E-state index contributed by atoms with van der Waals surface area (Å²) in [7, 11) is 0. The van der Waals surface area contributed by atoms with Gasteiger partial charge >= 0.3 is 6.18 Å². The number of rotatable bonds is 9. The van der Waals surface area contributed by atoms with E-state index in [2.05, 4.69) is 12.2 Å². The number of carbonyl (C=O) groups excluding carboxylic acids is 1. The van der Waals surface area contributed by atoms with Crippen LogP contribution in [0.2, 0.25) is 5.02 Å². The van der Waals surface area contributed by atoms with E-state index in [4.69, 9.17) is 16.3 Å². The first kappa shape index (κ1) is 24.3. The lowest BCUT2D eigenvalue weighted by Crippen LogP contribution is -2.15. The molecule has 0 saturated heterocycles. The second-order valence-corrected chi connectivity index (χ2v) is 7.20. The first-order valence-corrected chi connectivity index (χ1v) is 10.1. The van der Waals surface area contributed by atoms with Crippen LogP contribution in [0.4, 0.5) is 18.9 Å². The highest BCUT2D eigenvalue weighted by atomic mass is 35.5. The van der Waals surface area contributed by atoms with Gasteiger partial charge in [0.2, 0.25) is 0 Å². The van der Waals surface area contributed by atoms with Crippen molar-refractivity contribution in [3.63, 3.8) is 0 Å². The Bertz CT molecular complexity index is 964. The van der Waals surface area contributed by atoms with Gasteiger partial charge in [0.25, 0.3) is 5.91 Å². The van der Waals surface area contributed by atoms with Crippen LogP contribution in [0.15, 0.2) is 48.0 Å². The minimum atomic E-state index is -4.59. The van der Waals surface area contributed by atoms with Gasteiger partial charge in [-0.15, -0.1) is 0 Å². The summed E-state index contributed by atoms with van der Waals surface area (Å²) in [5.41, 5.74) is -0.892. The zero-order valence-corrected chi connectivity index (χ0v) is 17.7. The number of halogens is 4. The molecule has 0 aliphatic carbocycles. The molecule has 0 aliphatic heterocycles. The molecule has 8 heteroatoms. The maximum Gasteiger partial charge on any atom is 0.416 e. The predicted octanol–water partition coefficient (Wildman–Crippen LogP) is 6.86. The van der Waals surface area contributed by atoms with Crippen LogP contribution in [-0.2, 0) is 11.0 Å². The monoisotopic (exact) mass is 450 g/mol. The Morgan fingerprint density at radius 3 is 2.48 bits per heavy atom. The van der Waals surface area contributed by atoms with Gasteiger partial charge in [-0.3, -0.25) is 4.79 Å². The normalized spacial score (nSPS) is 11.7. The molecule has 2 aromatic carbocycles. The number of nitriles is 1. The summed E-state index contributed by atoms with van der Waals surface area (Å²) >= 11 is 5.89. The van der Waals surface area contributed by atoms with Crippen LogP contribution < -0.4 is 10.1 Å². The van der Waals surface area contributed by atoms with Gasteiger partial charge in [-0.1, -0.05) is 49.9 Å². The molecule has 2 rings (SSSR count). The molecular weight excluding hydrogens is 429 g/mol. The van der Waals surface area contributed by atoms with Gasteiger partial charge in [0.15, 0.2) is 0 Å². The average Bonchev–Trinajstić information content (AvgIpc) is 2.73. The van der Waals surface area contributed by atoms with Crippen molar-refractivity contribution in [3.05, 3.63) is 64.2 Å². The number of nitrogens with one attached hydrogen (secondary N) is 1. The molecule has 0 spiro atoms. The highest BCUT2D eigenvalue weighted by molar-refractivity contribution is 6.34. The van der Waals surface area contributed by atoms with Crippen LogP contribution in [0, 0.1) is 11.3 Å². The highest BCUT2D eigenvalue weighted by Gasteiger charge is 2.31. The Morgan fingerprint density at radius 1 is 1.16 bits per heavy atom. The number of hydrogen-bond donors (Lipinski definition) is 1. The summed E-state index contributed by atoms with van der Waals surface area (Å²) in [4.78, 5) is 12.4. The maximum absolute atomic E-state index is 12.9. The number of ether oxygens (including phenoxy) is 1. The largest absolute Gasteiger partial charge is 0.494 e. The number of unbranched alkanes of at least 4 members (excludes halogenated alkanes) is 3. The molecule has 4 nitrogen and oxygen atoms in total. The molecule has 0 unspecified atom stereocenters. The molecule has 1 amide bonds. The molecule has 0 atom stereocenters. The van der Waals surface area contributed by atoms with Crippen molar-refractivity contribution < 1.29 is 22.7 Å². The Labute approximate surface area is 184 Å². The molecule has 0 bridgehead atoms. The average molecular weight is 451 g/mol. The summed E-state index contributed by atoms with van der Waals surface area (Å²) in [6.07, 6.45) is 1.13. The number of nitrogens with zero attached hydrogens (tertiary/aromatic N) is 1. The number of amides is 1. The molecule has 0 aromatic heterocycles. The summed E-state index contributed by atoms with van der Waals surface area (Å²) in [6, 6.07) is 11.1. The highest BCUT2D eigenvalue weighted by Crippen LogP contribution is 2.34. The smallest absolute Gasteiger partial charge is 0.416 e. The number of carbonyl (C=O) groups is 1. The van der Waals surface area contributed by atoms with E-state index in [1.807, 2.05) is 0 Å². The molecule has 2 aromatic rings. The van der Waals surface area contributed by atoms with Crippen LogP contribution in [0.5, 0.6) is 5.75 Å². The van der Waals surface area contributed by atoms with Gasteiger partial charge in [-0.05, 0) is 48.4 Å². The molecule has 31 heavy (non-hydrogen) atoms. The fourth-order valence-corrected chi connectivity index (χ4v) is 2.85. The lowest BCUT2D eigenvalue weighted by molar-refractivity contribution is -0.137. The summed E-state index contributed by atoms with van der Waals surface area (Å²) in [5.74, 6) is -0.188. The van der Waals surface area contributed by atoms with Crippen LogP contribution in [0.3, 0.4) is 0 Å². The molecule has 0 heterocycles. The zero-order valence-electron chi connectivity index (χ0n) is 16.9. The molecular formula is C23H22ClF3N2O2. The SMILES string of the molecule is CCCCCCOc1ccc(/C=C(/C#N)C(=O)Nc2cc(C(F)(F)F)ccc2Cl)cc1. The van der Waals surface area contributed by atoms with Crippen molar-refractivity contribution in [2.45, 2.75) is 38.8 Å². The van der Waals surface area contributed by atoms with E-state index in [0.717, 1.165) is 43.9 Å². The van der Waals surface area contributed by atoms with E-state index >= 15 is 0 Å². The third-order valence-corrected chi connectivity index (χ3v) is 4.69. The van der Waals surface area contributed by atoms with Crippen LogP contribution in [0.1, 0.15) is 43.7 Å². The third-order valence-electron chi connectivity index (χ3n) is 4.36. The lowest BCUT2D eigenvalue weighted by atomic mass is 10.1. The first-order chi connectivity index (χ1) is 14.7. The molecule has 1 N–H and O–H groups in total. The Hall–Kier alpha value is -2.98. The van der Waals surface area contributed by atoms with Crippen molar-refractivity contribution in [1.29, 1.82) is 5.26 Å². The number of alkyl halides is 3. The summed E-state index contributed by atoms with van der Waals surface area (Å²) in [5, 5.41) is 11.5. The van der Waals surface area contributed by atoms with Gasteiger partial charge in [-0.2, -0.15) is 18.4 Å². The van der Waals surface area contributed by atoms with E-state index in [1.165, 1.54) is 6.08 Å². The Balaban J connectivity index is 2.06. The van der Waals surface area contributed by atoms with Crippen molar-refractivity contribution >= 4 is 29.3 Å². The summed E-state index contributed by atoms with van der Waals surface area (Å²) < 4.78 is 44.3. The molecule has 0 fully saturated rings. The molecule has 0 radical (unpaired) electrons.